The molecule has 2 aromatic heterocycles. The minimum absolute atomic E-state index is 0.952. The number of aromatic nitrogens is 3. The van der Waals surface area contributed by atoms with Crippen LogP contribution < -0.4 is 0 Å². The number of rotatable bonds is 3. The van der Waals surface area contributed by atoms with Crippen LogP contribution in [0.1, 0.15) is 11.3 Å². The molecule has 18 heavy (non-hydrogen) atoms. The number of hydrogen-bond donors (Lipinski definition) is 1. The van der Waals surface area contributed by atoms with E-state index >= 15 is 0 Å². The summed E-state index contributed by atoms with van der Waals surface area (Å²) < 4.78 is 1.05. The topological polar surface area (TPSA) is 41.6 Å². The van der Waals surface area contributed by atoms with Gasteiger partial charge in [-0.25, -0.2) is 9.97 Å². The van der Waals surface area contributed by atoms with Crippen molar-refractivity contribution in [2.45, 2.75) is 12.8 Å². The standard InChI is InChI=1S/C14H12BrN3/c15-13-11(7-6-10-4-2-1-3-5-10)18-12-8-16-9-17-14(12)13/h1-5,8-9,18H,6-7H2. The van der Waals surface area contributed by atoms with Crippen LogP contribution in [0.5, 0.6) is 0 Å². The minimum Gasteiger partial charge on any atom is -0.355 e. The molecule has 0 aliphatic rings. The van der Waals surface area contributed by atoms with Gasteiger partial charge in [-0.15, -0.1) is 0 Å². The zero-order valence-electron chi connectivity index (χ0n) is 9.73. The quantitative estimate of drug-likeness (QED) is 0.804. The van der Waals surface area contributed by atoms with E-state index in [1.54, 1.807) is 12.5 Å². The first-order chi connectivity index (χ1) is 8.84. The maximum Gasteiger partial charge on any atom is 0.116 e. The van der Waals surface area contributed by atoms with Crippen LogP contribution in [0.25, 0.3) is 11.0 Å². The van der Waals surface area contributed by atoms with Crippen molar-refractivity contribution in [1.29, 1.82) is 0 Å². The van der Waals surface area contributed by atoms with Crippen LogP contribution in [0, 0.1) is 0 Å². The van der Waals surface area contributed by atoms with Crippen LogP contribution in [0.2, 0.25) is 0 Å². The summed E-state index contributed by atoms with van der Waals surface area (Å²) in [5.41, 5.74) is 4.45. The Labute approximate surface area is 113 Å². The summed E-state index contributed by atoms with van der Waals surface area (Å²) >= 11 is 3.60. The van der Waals surface area contributed by atoms with Gasteiger partial charge in [-0.1, -0.05) is 30.3 Å². The lowest BCUT2D eigenvalue weighted by atomic mass is 10.1. The van der Waals surface area contributed by atoms with Gasteiger partial charge in [0.25, 0.3) is 0 Å². The number of hydrogen-bond acceptors (Lipinski definition) is 2. The van der Waals surface area contributed by atoms with Crippen LogP contribution >= 0.6 is 15.9 Å². The van der Waals surface area contributed by atoms with E-state index in [2.05, 4.69) is 55.1 Å². The molecule has 4 heteroatoms. The second kappa shape index (κ2) is 4.90. The van der Waals surface area contributed by atoms with Gasteiger partial charge in [-0.3, -0.25) is 0 Å². The van der Waals surface area contributed by atoms with E-state index in [0.29, 0.717) is 0 Å². The predicted molar refractivity (Wildman–Crippen MR) is 75.4 cm³/mol. The van der Waals surface area contributed by atoms with E-state index in [4.69, 9.17) is 0 Å². The van der Waals surface area contributed by atoms with Crippen LogP contribution in [0.4, 0.5) is 0 Å². The molecule has 2 heterocycles. The summed E-state index contributed by atoms with van der Waals surface area (Å²) in [6.45, 7) is 0. The maximum absolute atomic E-state index is 4.27. The Hall–Kier alpha value is -1.68. The summed E-state index contributed by atoms with van der Waals surface area (Å²) in [6, 6.07) is 10.5. The van der Waals surface area contributed by atoms with E-state index in [1.807, 2.05) is 6.07 Å². The molecule has 0 aliphatic heterocycles. The van der Waals surface area contributed by atoms with Gasteiger partial charge in [0.05, 0.1) is 16.2 Å². The highest BCUT2D eigenvalue weighted by molar-refractivity contribution is 9.10. The molecular formula is C14H12BrN3. The van der Waals surface area contributed by atoms with Crippen molar-refractivity contribution in [1.82, 2.24) is 15.0 Å². The average Bonchev–Trinajstić information content (AvgIpc) is 2.75. The smallest absolute Gasteiger partial charge is 0.116 e. The lowest BCUT2D eigenvalue weighted by Gasteiger charge is -2.00. The fraction of sp³-hybridized carbons (Fsp3) is 0.143. The number of aromatic amines is 1. The van der Waals surface area contributed by atoms with Gasteiger partial charge in [0.15, 0.2) is 0 Å². The Morgan fingerprint density at radius 2 is 1.94 bits per heavy atom. The number of aryl methyl sites for hydroxylation is 2. The van der Waals surface area contributed by atoms with E-state index in [1.165, 1.54) is 11.3 Å². The molecular weight excluding hydrogens is 290 g/mol. The van der Waals surface area contributed by atoms with Crippen molar-refractivity contribution >= 4 is 27.0 Å². The Morgan fingerprint density at radius 3 is 2.72 bits per heavy atom. The number of fused-ring (bicyclic) bond motifs is 1. The fourth-order valence-electron chi connectivity index (χ4n) is 2.04. The number of benzene rings is 1. The monoisotopic (exact) mass is 301 g/mol. The Balaban J connectivity index is 1.85. The molecule has 90 valence electrons. The first-order valence-electron chi connectivity index (χ1n) is 5.84. The van der Waals surface area contributed by atoms with Gasteiger partial charge in [0.1, 0.15) is 11.8 Å². The second-order valence-corrected chi connectivity index (χ2v) is 4.98. The second-order valence-electron chi connectivity index (χ2n) is 4.19. The van der Waals surface area contributed by atoms with E-state index in [0.717, 1.165) is 28.3 Å². The zero-order chi connectivity index (χ0) is 12.4. The van der Waals surface area contributed by atoms with Crippen molar-refractivity contribution in [2.75, 3.05) is 0 Å². The molecule has 0 atom stereocenters. The highest BCUT2D eigenvalue weighted by Gasteiger charge is 2.09. The van der Waals surface area contributed by atoms with Crippen LogP contribution in [0.3, 0.4) is 0 Å². The van der Waals surface area contributed by atoms with E-state index in [-0.39, 0.29) is 0 Å². The first-order valence-corrected chi connectivity index (χ1v) is 6.64. The molecule has 0 saturated heterocycles. The maximum atomic E-state index is 4.27. The Morgan fingerprint density at radius 1 is 1.11 bits per heavy atom. The lowest BCUT2D eigenvalue weighted by molar-refractivity contribution is 0.925. The van der Waals surface area contributed by atoms with E-state index in [9.17, 15) is 0 Å². The molecule has 0 spiro atoms. The fourth-order valence-corrected chi connectivity index (χ4v) is 2.66. The molecule has 3 rings (SSSR count). The summed E-state index contributed by atoms with van der Waals surface area (Å²) in [5, 5.41) is 0. The Bertz CT molecular complexity index is 661. The van der Waals surface area contributed by atoms with Crippen LogP contribution in [-0.2, 0) is 12.8 Å². The van der Waals surface area contributed by atoms with Gasteiger partial charge < -0.3 is 4.98 Å². The molecule has 1 aromatic carbocycles. The van der Waals surface area contributed by atoms with Gasteiger partial charge in [-0.05, 0) is 34.3 Å². The molecule has 0 fully saturated rings. The number of H-pyrrole nitrogens is 1. The average molecular weight is 302 g/mol. The minimum atomic E-state index is 0.952. The summed E-state index contributed by atoms with van der Waals surface area (Å²) in [4.78, 5) is 11.7. The molecule has 0 aliphatic carbocycles. The molecule has 3 nitrogen and oxygen atoms in total. The van der Waals surface area contributed by atoms with Crippen molar-refractivity contribution < 1.29 is 0 Å². The van der Waals surface area contributed by atoms with Gasteiger partial charge in [0, 0.05) is 5.69 Å². The van der Waals surface area contributed by atoms with Crippen molar-refractivity contribution in [3.63, 3.8) is 0 Å². The summed E-state index contributed by atoms with van der Waals surface area (Å²) in [5.74, 6) is 0. The molecule has 0 saturated carbocycles. The Kier molecular flexibility index (Phi) is 3.11. The zero-order valence-corrected chi connectivity index (χ0v) is 11.3. The predicted octanol–water partition coefficient (Wildman–Crippen LogP) is 3.51. The van der Waals surface area contributed by atoms with Gasteiger partial charge in [0.2, 0.25) is 0 Å². The van der Waals surface area contributed by atoms with Crippen molar-refractivity contribution in [3.8, 4) is 0 Å². The first kappa shape index (κ1) is 11.4. The largest absolute Gasteiger partial charge is 0.355 e. The normalized spacial score (nSPS) is 10.9. The molecule has 3 aromatic rings. The summed E-state index contributed by atoms with van der Waals surface area (Å²) in [7, 11) is 0. The van der Waals surface area contributed by atoms with Crippen LogP contribution in [0.15, 0.2) is 47.3 Å². The third kappa shape index (κ3) is 2.16. The van der Waals surface area contributed by atoms with Gasteiger partial charge >= 0.3 is 0 Å². The third-order valence-electron chi connectivity index (χ3n) is 2.98. The van der Waals surface area contributed by atoms with E-state index < -0.39 is 0 Å². The summed E-state index contributed by atoms with van der Waals surface area (Å²) in [6.07, 6.45) is 5.35. The highest BCUT2D eigenvalue weighted by Crippen LogP contribution is 2.26. The van der Waals surface area contributed by atoms with Gasteiger partial charge in [-0.2, -0.15) is 0 Å². The number of nitrogens with one attached hydrogen (secondary N) is 1. The molecule has 0 unspecified atom stereocenters. The molecule has 0 bridgehead atoms. The number of nitrogens with zero attached hydrogens (tertiary/aromatic N) is 2. The molecule has 0 amide bonds. The SMILES string of the molecule is Brc1c(CCc2ccccc2)[nH]c2cncnc12. The molecule has 1 N–H and O–H groups in total. The third-order valence-corrected chi connectivity index (χ3v) is 3.83. The van der Waals surface area contributed by atoms with Crippen LogP contribution in [-0.4, -0.2) is 15.0 Å². The van der Waals surface area contributed by atoms with Crippen molar-refractivity contribution in [2.24, 2.45) is 0 Å². The highest BCUT2D eigenvalue weighted by atomic mass is 79.9. The van der Waals surface area contributed by atoms with Crippen molar-refractivity contribution in [3.05, 3.63) is 58.6 Å². The lowest BCUT2D eigenvalue weighted by Crippen LogP contribution is -1.91. The number of halogens is 1. The molecule has 0 radical (unpaired) electrons.